The summed E-state index contributed by atoms with van der Waals surface area (Å²) in [5.74, 6) is 1.68. The van der Waals surface area contributed by atoms with Gasteiger partial charge in [-0.2, -0.15) is 0 Å². The molecule has 3 heteroatoms. The second kappa shape index (κ2) is 5.33. The minimum atomic E-state index is 0.105. The van der Waals surface area contributed by atoms with Crippen LogP contribution in [-0.2, 0) is 0 Å². The average Bonchev–Trinajstić information content (AvgIpc) is 2.62. The van der Waals surface area contributed by atoms with E-state index in [1.807, 2.05) is 0 Å². The fourth-order valence-corrected chi connectivity index (χ4v) is 2.76. The van der Waals surface area contributed by atoms with E-state index in [1.165, 1.54) is 11.1 Å². The quantitative estimate of drug-likeness (QED) is 0.902. The fraction of sp³-hybridized carbons (Fsp3) is 0.562. The Morgan fingerprint density at radius 1 is 1.21 bits per heavy atom. The van der Waals surface area contributed by atoms with Crippen LogP contribution in [0.2, 0.25) is 0 Å². The van der Waals surface area contributed by atoms with E-state index in [9.17, 15) is 0 Å². The van der Waals surface area contributed by atoms with Crippen molar-refractivity contribution in [3.63, 3.8) is 0 Å². The van der Waals surface area contributed by atoms with Crippen LogP contribution in [0.15, 0.2) is 18.2 Å². The first-order chi connectivity index (χ1) is 8.90. The molecule has 19 heavy (non-hydrogen) atoms. The largest absolute Gasteiger partial charge is 0.326 e. The third-order valence-corrected chi connectivity index (χ3v) is 3.56. The second-order valence-corrected chi connectivity index (χ2v) is 6.11. The molecule has 1 unspecified atom stereocenters. The van der Waals surface area contributed by atoms with Crippen LogP contribution in [0.3, 0.4) is 0 Å². The van der Waals surface area contributed by atoms with Crippen LogP contribution in [0.25, 0.3) is 11.0 Å². The molecular weight excluding hydrogens is 234 g/mol. The lowest BCUT2D eigenvalue weighted by molar-refractivity contribution is 0.510. The molecule has 0 saturated carbocycles. The Balaban J connectivity index is 2.42. The van der Waals surface area contributed by atoms with E-state index in [-0.39, 0.29) is 6.04 Å². The molecule has 0 radical (unpaired) electrons. The zero-order chi connectivity index (χ0) is 14.2. The standard InChI is InChI=1S/C16H25N3/c1-10(2)8-14(17)13-6-7-16-15(9-13)18-12(5)19(16)11(3)4/h6-7,9-11,14H,8,17H2,1-5H3. The SMILES string of the molecule is Cc1nc2cc(C(N)CC(C)C)ccc2n1C(C)C. The van der Waals surface area contributed by atoms with Crippen molar-refractivity contribution in [1.82, 2.24) is 9.55 Å². The van der Waals surface area contributed by atoms with Crippen molar-refractivity contribution in [3.8, 4) is 0 Å². The van der Waals surface area contributed by atoms with Gasteiger partial charge in [0, 0.05) is 12.1 Å². The van der Waals surface area contributed by atoms with Gasteiger partial charge in [-0.15, -0.1) is 0 Å². The summed E-state index contributed by atoms with van der Waals surface area (Å²) in [5.41, 5.74) is 9.71. The molecule has 2 N–H and O–H groups in total. The van der Waals surface area contributed by atoms with Gasteiger partial charge < -0.3 is 10.3 Å². The minimum Gasteiger partial charge on any atom is -0.326 e. The highest BCUT2D eigenvalue weighted by atomic mass is 15.1. The normalized spacial score (nSPS) is 13.7. The molecule has 2 rings (SSSR count). The number of rotatable bonds is 4. The van der Waals surface area contributed by atoms with Gasteiger partial charge in [0.1, 0.15) is 5.82 Å². The van der Waals surface area contributed by atoms with Crippen LogP contribution in [0.1, 0.15) is 57.6 Å². The van der Waals surface area contributed by atoms with Crippen LogP contribution in [0.4, 0.5) is 0 Å². The molecule has 0 aliphatic heterocycles. The smallest absolute Gasteiger partial charge is 0.106 e. The van der Waals surface area contributed by atoms with E-state index in [0.29, 0.717) is 12.0 Å². The summed E-state index contributed by atoms with van der Waals surface area (Å²) >= 11 is 0. The van der Waals surface area contributed by atoms with Crippen molar-refractivity contribution >= 4 is 11.0 Å². The van der Waals surface area contributed by atoms with Crippen LogP contribution < -0.4 is 5.73 Å². The van der Waals surface area contributed by atoms with Gasteiger partial charge in [-0.05, 0) is 50.8 Å². The molecule has 0 amide bonds. The zero-order valence-corrected chi connectivity index (χ0v) is 12.6. The van der Waals surface area contributed by atoms with Crippen molar-refractivity contribution < 1.29 is 0 Å². The molecule has 104 valence electrons. The summed E-state index contributed by atoms with van der Waals surface area (Å²) in [4.78, 5) is 4.66. The monoisotopic (exact) mass is 259 g/mol. The van der Waals surface area contributed by atoms with Gasteiger partial charge in [0.05, 0.1) is 11.0 Å². The van der Waals surface area contributed by atoms with Gasteiger partial charge in [-0.3, -0.25) is 0 Å². The van der Waals surface area contributed by atoms with Crippen molar-refractivity contribution in [2.24, 2.45) is 11.7 Å². The number of aryl methyl sites for hydroxylation is 1. The number of hydrogen-bond acceptors (Lipinski definition) is 2. The molecule has 0 aliphatic carbocycles. The van der Waals surface area contributed by atoms with Gasteiger partial charge in [-0.1, -0.05) is 19.9 Å². The summed E-state index contributed by atoms with van der Waals surface area (Å²) in [5, 5.41) is 0. The molecule has 0 bridgehead atoms. The number of fused-ring (bicyclic) bond motifs is 1. The Morgan fingerprint density at radius 2 is 1.89 bits per heavy atom. The molecule has 1 aromatic carbocycles. The molecule has 3 nitrogen and oxygen atoms in total. The first kappa shape index (κ1) is 14.1. The molecular formula is C16H25N3. The van der Waals surface area contributed by atoms with E-state index in [4.69, 9.17) is 5.73 Å². The highest BCUT2D eigenvalue weighted by Gasteiger charge is 2.13. The maximum absolute atomic E-state index is 6.26. The van der Waals surface area contributed by atoms with E-state index in [1.54, 1.807) is 0 Å². The van der Waals surface area contributed by atoms with Gasteiger partial charge in [0.2, 0.25) is 0 Å². The third-order valence-electron chi connectivity index (χ3n) is 3.56. The molecule has 1 aromatic heterocycles. The Labute approximate surface area is 115 Å². The summed E-state index contributed by atoms with van der Waals surface area (Å²) < 4.78 is 2.27. The lowest BCUT2D eigenvalue weighted by atomic mass is 9.97. The van der Waals surface area contributed by atoms with Crippen LogP contribution in [0.5, 0.6) is 0 Å². The Bertz CT molecular complexity index is 567. The van der Waals surface area contributed by atoms with Gasteiger partial charge >= 0.3 is 0 Å². The van der Waals surface area contributed by atoms with Gasteiger partial charge in [0.15, 0.2) is 0 Å². The molecule has 0 spiro atoms. The first-order valence-electron chi connectivity index (χ1n) is 7.14. The van der Waals surface area contributed by atoms with Crippen molar-refractivity contribution in [3.05, 3.63) is 29.6 Å². The number of nitrogens with zero attached hydrogens (tertiary/aromatic N) is 2. The van der Waals surface area contributed by atoms with Crippen LogP contribution in [-0.4, -0.2) is 9.55 Å². The van der Waals surface area contributed by atoms with E-state index in [2.05, 4.69) is 62.4 Å². The lowest BCUT2D eigenvalue weighted by Crippen LogP contribution is -2.12. The summed E-state index contributed by atoms with van der Waals surface area (Å²) in [6, 6.07) is 6.99. The molecule has 1 atom stereocenters. The molecule has 0 fully saturated rings. The topological polar surface area (TPSA) is 43.8 Å². The van der Waals surface area contributed by atoms with E-state index in [0.717, 1.165) is 17.8 Å². The first-order valence-corrected chi connectivity index (χ1v) is 7.14. The summed E-state index contributed by atoms with van der Waals surface area (Å²) in [7, 11) is 0. The maximum Gasteiger partial charge on any atom is 0.106 e. The summed E-state index contributed by atoms with van der Waals surface area (Å²) in [6.07, 6.45) is 1.01. The molecule has 2 aromatic rings. The summed E-state index contributed by atoms with van der Waals surface area (Å²) in [6.45, 7) is 10.8. The van der Waals surface area contributed by atoms with Crippen LogP contribution in [0, 0.1) is 12.8 Å². The highest BCUT2D eigenvalue weighted by molar-refractivity contribution is 5.77. The van der Waals surface area contributed by atoms with Gasteiger partial charge in [-0.25, -0.2) is 4.98 Å². The van der Waals surface area contributed by atoms with Crippen molar-refractivity contribution in [2.75, 3.05) is 0 Å². The number of aromatic nitrogens is 2. The Kier molecular flexibility index (Phi) is 3.95. The third kappa shape index (κ3) is 2.81. The Hall–Kier alpha value is -1.35. The molecule has 0 saturated heterocycles. The average molecular weight is 259 g/mol. The predicted octanol–water partition coefficient (Wildman–Crippen LogP) is 3.97. The van der Waals surface area contributed by atoms with Crippen LogP contribution >= 0.6 is 0 Å². The van der Waals surface area contributed by atoms with Crippen molar-refractivity contribution in [1.29, 1.82) is 0 Å². The minimum absolute atomic E-state index is 0.105. The van der Waals surface area contributed by atoms with Crippen molar-refractivity contribution in [2.45, 2.75) is 53.1 Å². The van der Waals surface area contributed by atoms with Gasteiger partial charge in [0.25, 0.3) is 0 Å². The molecule has 1 heterocycles. The number of nitrogens with two attached hydrogens (primary N) is 1. The fourth-order valence-electron chi connectivity index (χ4n) is 2.76. The lowest BCUT2D eigenvalue weighted by Gasteiger charge is -2.15. The maximum atomic E-state index is 6.26. The highest BCUT2D eigenvalue weighted by Crippen LogP contribution is 2.25. The van der Waals surface area contributed by atoms with E-state index >= 15 is 0 Å². The second-order valence-electron chi connectivity index (χ2n) is 6.11. The molecule has 0 aliphatic rings. The zero-order valence-electron chi connectivity index (χ0n) is 12.6. The Morgan fingerprint density at radius 3 is 2.47 bits per heavy atom. The number of hydrogen-bond donors (Lipinski definition) is 1. The number of imidazole rings is 1. The number of benzene rings is 1. The van der Waals surface area contributed by atoms with E-state index < -0.39 is 0 Å². The predicted molar refractivity (Wildman–Crippen MR) is 81.2 cm³/mol.